The predicted molar refractivity (Wildman–Crippen MR) is 125 cm³/mol. The Morgan fingerprint density at radius 3 is 2.64 bits per heavy atom. The molecule has 1 aromatic carbocycles. The van der Waals surface area contributed by atoms with E-state index in [1.165, 1.54) is 5.56 Å². The summed E-state index contributed by atoms with van der Waals surface area (Å²) in [7, 11) is 0. The van der Waals surface area contributed by atoms with Gasteiger partial charge in [-0.3, -0.25) is 4.79 Å². The zero-order valence-corrected chi connectivity index (χ0v) is 19.4. The van der Waals surface area contributed by atoms with Gasteiger partial charge < -0.3 is 19.6 Å². The second-order valence-corrected chi connectivity index (χ2v) is 9.78. The van der Waals surface area contributed by atoms with Crippen molar-refractivity contribution in [2.24, 2.45) is 5.92 Å². The molecular weight excluding hydrogens is 416 g/mol. The van der Waals surface area contributed by atoms with Gasteiger partial charge in [0.25, 0.3) is 5.91 Å². The fourth-order valence-corrected chi connectivity index (χ4v) is 5.54. The van der Waals surface area contributed by atoms with Crippen molar-refractivity contribution in [1.82, 2.24) is 19.8 Å². The van der Waals surface area contributed by atoms with E-state index in [1.807, 2.05) is 24.0 Å². The molecule has 1 atom stereocenters. The first-order valence-corrected chi connectivity index (χ1v) is 12.3. The number of ether oxygens (including phenoxy) is 1. The van der Waals surface area contributed by atoms with Crippen molar-refractivity contribution >= 4 is 5.91 Å². The van der Waals surface area contributed by atoms with Crippen LogP contribution in [-0.4, -0.2) is 75.7 Å². The Kier molecular flexibility index (Phi) is 6.60. The fraction of sp³-hybridized carbons (Fsp3) is 0.577. The van der Waals surface area contributed by atoms with Crippen LogP contribution in [0.1, 0.15) is 53.0 Å². The highest BCUT2D eigenvalue weighted by Crippen LogP contribution is 2.29. The largest absolute Gasteiger partial charge is 0.493 e. The number of hydrogen-bond acceptors (Lipinski definition) is 6. The maximum atomic E-state index is 13.3. The van der Waals surface area contributed by atoms with Gasteiger partial charge >= 0.3 is 0 Å². The molecule has 33 heavy (non-hydrogen) atoms. The van der Waals surface area contributed by atoms with Crippen LogP contribution in [0.5, 0.6) is 5.75 Å². The van der Waals surface area contributed by atoms with Gasteiger partial charge in [-0.1, -0.05) is 18.2 Å². The van der Waals surface area contributed by atoms with Crippen LogP contribution in [0.15, 0.2) is 30.6 Å². The molecule has 2 fully saturated rings. The van der Waals surface area contributed by atoms with Gasteiger partial charge in [-0.25, -0.2) is 9.97 Å². The minimum absolute atomic E-state index is 0.0221. The van der Waals surface area contributed by atoms with Crippen LogP contribution in [0.2, 0.25) is 0 Å². The van der Waals surface area contributed by atoms with Crippen molar-refractivity contribution in [3.05, 3.63) is 53.1 Å². The average molecular weight is 451 g/mol. The molecule has 1 unspecified atom stereocenters. The Labute approximate surface area is 195 Å². The summed E-state index contributed by atoms with van der Waals surface area (Å²) in [5.74, 6) is 1.34. The third-order valence-electron chi connectivity index (χ3n) is 7.60. The lowest BCUT2D eigenvalue weighted by Gasteiger charge is -2.41. The van der Waals surface area contributed by atoms with E-state index in [4.69, 9.17) is 4.74 Å². The van der Waals surface area contributed by atoms with E-state index in [0.29, 0.717) is 24.3 Å². The molecule has 0 aliphatic carbocycles. The average Bonchev–Trinajstić information content (AvgIpc) is 2.85. The van der Waals surface area contributed by atoms with Gasteiger partial charge in [-0.15, -0.1) is 0 Å². The van der Waals surface area contributed by atoms with Crippen molar-refractivity contribution in [3.63, 3.8) is 0 Å². The van der Waals surface area contributed by atoms with Crippen LogP contribution in [-0.2, 0) is 12.8 Å². The Hall–Kier alpha value is -2.51. The summed E-state index contributed by atoms with van der Waals surface area (Å²) < 4.78 is 5.95. The second-order valence-electron chi connectivity index (χ2n) is 9.78. The third kappa shape index (κ3) is 4.89. The van der Waals surface area contributed by atoms with Crippen LogP contribution >= 0.6 is 0 Å². The van der Waals surface area contributed by atoms with E-state index >= 15 is 0 Å². The molecule has 2 aromatic rings. The van der Waals surface area contributed by atoms with Crippen LogP contribution in [0.25, 0.3) is 0 Å². The molecule has 176 valence electrons. The number of fused-ring (bicyclic) bond motifs is 1. The van der Waals surface area contributed by atoms with Crippen LogP contribution in [0, 0.1) is 12.8 Å². The molecule has 0 bridgehead atoms. The van der Waals surface area contributed by atoms with Gasteiger partial charge in [-0.2, -0.15) is 0 Å². The lowest BCUT2D eigenvalue weighted by Crippen LogP contribution is -2.49. The number of aromatic nitrogens is 2. The van der Waals surface area contributed by atoms with E-state index in [-0.39, 0.29) is 12.0 Å². The molecule has 0 saturated carbocycles. The highest BCUT2D eigenvalue weighted by Gasteiger charge is 2.31. The topological polar surface area (TPSA) is 78.8 Å². The van der Waals surface area contributed by atoms with Crippen LogP contribution in [0.4, 0.5) is 0 Å². The number of aliphatic hydroxyl groups excluding tert-OH is 1. The van der Waals surface area contributed by atoms with E-state index in [2.05, 4.69) is 27.0 Å². The van der Waals surface area contributed by atoms with Crippen molar-refractivity contribution < 1.29 is 14.6 Å². The van der Waals surface area contributed by atoms with E-state index in [9.17, 15) is 9.90 Å². The number of para-hydroxylation sites is 1. The number of amides is 1. The van der Waals surface area contributed by atoms with E-state index in [1.54, 1.807) is 6.33 Å². The first-order valence-electron chi connectivity index (χ1n) is 12.3. The first-order chi connectivity index (χ1) is 16.1. The van der Waals surface area contributed by atoms with Gasteiger partial charge in [0.15, 0.2) is 0 Å². The highest BCUT2D eigenvalue weighted by molar-refractivity contribution is 5.93. The van der Waals surface area contributed by atoms with Crippen molar-refractivity contribution in [2.75, 3.05) is 32.8 Å². The summed E-state index contributed by atoms with van der Waals surface area (Å²) in [6, 6.07) is 8.72. The molecule has 0 radical (unpaired) electrons. The number of nitrogens with zero attached hydrogens (tertiary/aromatic N) is 4. The number of hydrogen-bond donors (Lipinski definition) is 1. The maximum Gasteiger partial charge on any atom is 0.272 e. The maximum absolute atomic E-state index is 13.3. The fourth-order valence-electron chi connectivity index (χ4n) is 5.54. The number of carbonyl (C=O) groups excluding carboxylic acids is 1. The quantitative estimate of drug-likeness (QED) is 0.772. The monoisotopic (exact) mass is 450 g/mol. The first kappa shape index (κ1) is 22.3. The van der Waals surface area contributed by atoms with E-state index in [0.717, 1.165) is 81.7 Å². The van der Waals surface area contributed by atoms with Gasteiger partial charge in [0.1, 0.15) is 17.8 Å². The summed E-state index contributed by atoms with van der Waals surface area (Å²) in [5.41, 5.74) is 3.62. The van der Waals surface area contributed by atoms with Gasteiger partial charge in [0.05, 0.1) is 12.7 Å². The normalized spacial score (nSPS) is 22.6. The lowest BCUT2D eigenvalue weighted by molar-refractivity contribution is 0.0354. The van der Waals surface area contributed by atoms with Crippen molar-refractivity contribution in [2.45, 2.75) is 57.6 Å². The summed E-state index contributed by atoms with van der Waals surface area (Å²) in [6.07, 6.45) is 6.83. The molecule has 5 rings (SSSR count). The molecule has 7 heteroatoms. The molecule has 3 aliphatic rings. The van der Waals surface area contributed by atoms with Gasteiger partial charge in [-0.05, 0) is 57.1 Å². The summed E-state index contributed by atoms with van der Waals surface area (Å²) in [4.78, 5) is 26.7. The molecule has 3 aliphatic heterocycles. The minimum atomic E-state index is -0.146. The molecule has 1 N–H and O–H groups in total. The molecule has 0 spiro atoms. The number of rotatable bonds is 4. The number of piperidine rings is 2. The van der Waals surface area contributed by atoms with E-state index < -0.39 is 0 Å². The number of benzene rings is 1. The lowest BCUT2D eigenvalue weighted by atomic mass is 9.91. The summed E-state index contributed by atoms with van der Waals surface area (Å²) in [5, 5.41) is 9.76. The molecule has 2 saturated heterocycles. The SMILES string of the molecule is Cc1c(CC2COc3ccccc3C2)ncnc1C(=O)N1CCC(N2CCC(O)CC2)CC1. The molecule has 1 amide bonds. The molecular formula is C26H34N4O3. The van der Waals surface area contributed by atoms with Gasteiger partial charge in [0, 0.05) is 49.4 Å². The Balaban J connectivity index is 1.21. The zero-order chi connectivity index (χ0) is 22.8. The number of likely N-dealkylation sites (tertiary alicyclic amines) is 2. The third-order valence-corrected chi connectivity index (χ3v) is 7.60. The standard InChI is InChI=1S/C26H34N4O3/c1-18-23(15-19-14-20-4-2-3-5-24(20)33-16-19)27-17-28-25(18)26(32)30-10-6-21(7-11-30)29-12-8-22(31)9-13-29/h2-5,17,19,21-22,31H,6-16H2,1H3. The Bertz CT molecular complexity index is 981. The summed E-state index contributed by atoms with van der Waals surface area (Å²) in [6.45, 7) is 6.09. The Morgan fingerprint density at radius 2 is 1.85 bits per heavy atom. The van der Waals surface area contributed by atoms with Crippen molar-refractivity contribution in [3.8, 4) is 5.75 Å². The number of carbonyl (C=O) groups is 1. The smallest absolute Gasteiger partial charge is 0.272 e. The molecule has 4 heterocycles. The Morgan fingerprint density at radius 1 is 1.09 bits per heavy atom. The van der Waals surface area contributed by atoms with Crippen LogP contribution in [0.3, 0.4) is 0 Å². The minimum Gasteiger partial charge on any atom is -0.493 e. The summed E-state index contributed by atoms with van der Waals surface area (Å²) >= 11 is 0. The highest BCUT2D eigenvalue weighted by atomic mass is 16.5. The molecule has 7 nitrogen and oxygen atoms in total. The predicted octanol–water partition coefficient (Wildman–Crippen LogP) is 2.64. The van der Waals surface area contributed by atoms with Crippen LogP contribution < -0.4 is 4.74 Å². The number of aliphatic hydroxyl groups is 1. The molecule has 1 aromatic heterocycles. The van der Waals surface area contributed by atoms with Crippen molar-refractivity contribution in [1.29, 1.82) is 0 Å². The van der Waals surface area contributed by atoms with Gasteiger partial charge in [0.2, 0.25) is 0 Å². The second kappa shape index (κ2) is 9.77. The zero-order valence-electron chi connectivity index (χ0n) is 19.4.